The molecule has 130 valence electrons. The molecule has 0 radical (unpaired) electrons. The summed E-state index contributed by atoms with van der Waals surface area (Å²) < 4.78 is 52.6. The van der Waals surface area contributed by atoms with Gasteiger partial charge in [0.25, 0.3) is 0 Å². The molecule has 0 bridgehead atoms. The van der Waals surface area contributed by atoms with Crippen molar-refractivity contribution in [3.63, 3.8) is 0 Å². The number of carbonyl (C=O) groups is 1. The highest BCUT2D eigenvalue weighted by Gasteiger charge is 2.29. The van der Waals surface area contributed by atoms with Crippen molar-refractivity contribution in [1.29, 1.82) is 0 Å². The van der Waals surface area contributed by atoms with E-state index in [2.05, 4.69) is 5.10 Å². The lowest BCUT2D eigenvalue weighted by Crippen LogP contribution is -2.18. The van der Waals surface area contributed by atoms with Gasteiger partial charge in [-0.3, -0.25) is 0 Å². The molecule has 0 amide bonds. The minimum Gasteiger partial charge on any atom is -0.478 e. The predicted octanol–water partition coefficient (Wildman–Crippen LogP) is 3.06. The van der Waals surface area contributed by atoms with E-state index in [1.807, 2.05) is 0 Å². The minimum absolute atomic E-state index is 0.156. The molecule has 1 N–H and O–H groups in total. The zero-order valence-electron chi connectivity index (χ0n) is 12.9. The van der Waals surface area contributed by atoms with E-state index in [1.54, 1.807) is 13.8 Å². The summed E-state index contributed by atoms with van der Waals surface area (Å²) in [6, 6.07) is 0.946. The fourth-order valence-corrected chi connectivity index (χ4v) is 2.17. The lowest BCUT2D eigenvalue weighted by molar-refractivity contribution is -0.144. The number of halogens is 3. The molecule has 0 saturated heterocycles. The first-order valence-electron chi connectivity index (χ1n) is 7.10. The number of carboxylic acid groups (broad SMARTS) is 1. The number of hydrogen-bond donors (Lipinski definition) is 1. The van der Waals surface area contributed by atoms with E-state index in [4.69, 9.17) is 9.47 Å². The highest BCUT2D eigenvalue weighted by Crippen LogP contribution is 2.28. The molecule has 6 nitrogen and oxygen atoms in total. The molecule has 0 aliphatic heterocycles. The van der Waals surface area contributed by atoms with Crippen LogP contribution in [0.3, 0.4) is 0 Å². The van der Waals surface area contributed by atoms with Crippen LogP contribution in [0.15, 0.2) is 18.3 Å². The molecule has 1 aromatic heterocycles. The van der Waals surface area contributed by atoms with E-state index in [-0.39, 0.29) is 24.5 Å². The molecule has 9 heteroatoms. The number of nitrogens with zero attached hydrogens (tertiary/aromatic N) is 2. The average molecular weight is 344 g/mol. The third kappa shape index (κ3) is 3.41. The third-order valence-corrected chi connectivity index (χ3v) is 3.09. The predicted molar refractivity (Wildman–Crippen MR) is 76.4 cm³/mol. The Kier molecular flexibility index (Phi) is 5.58. The number of ether oxygens (including phenoxy) is 2. The van der Waals surface area contributed by atoms with Crippen molar-refractivity contribution in [3.8, 4) is 5.69 Å². The van der Waals surface area contributed by atoms with Crippen molar-refractivity contribution in [2.45, 2.75) is 20.1 Å². The van der Waals surface area contributed by atoms with Gasteiger partial charge in [0.2, 0.25) is 6.29 Å². The lowest BCUT2D eigenvalue weighted by Gasteiger charge is -2.19. The Morgan fingerprint density at radius 2 is 1.75 bits per heavy atom. The van der Waals surface area contributed by atoms with Gasteiger partial charge in [0.05, 0.1) is 6.20 Å². The molecule has 0 unspecified atom stereocenters. The fourth-order valence-electron chi connectivity index (χ4n) is 2.17. The van der Waals surface area contributed by atoms with Crippen LogP contribution in [0.2, 0.25) is 0 Å². The number of aromatic carboxylic acids is 1. The molecule has 0 aliphatic rings. The normalized spacial score (nSPS) is 11.2. The third-order valence-electron chi connectivity index (χ3n) is 3.09. The van der Waals surface area contributed by atoms with Gasteiger partial charge < -0.3 is 14.6 Å². The van der Waals surface area contributed by atoms with Gasteiger partial charge in [0, 0.05) is 25.3 Å². The molecule has 0 saturated carbocycles. The first kappa shape index (κ1) is 18.0. The van der Waals surface area contributed by atoms with Gasteiger partial charge in [-0.1, -0.05) is 0 Å². The maximum absolute atomic E-state index is 14.1. The summed E-state index contributed by atoms with van der Waals surface area (Å²) in [6.07, 6.45) is -0.289. The zero-order chi connectivity index (χ0) is 17.9. The molecule has 1 heterocycles. The second kappa shape index (κ2) is 7.45. The van der Waals surface area contributed by atoms with Crippen LogP contribution in [0.4, 0.5) is 13.2 Å². The Morgan fingerprint density at radius 1 is 1.21 bits per heavy atom. The quantitative estimate of drug-likeness (QED) is 0.782. The van der Waals surface area contributed by atoms with Crippen molar-refractivity contribution in [2.24, 2.45) is 0 Å². The Morgan fingerprint density at radius 3 is 2.21 bits per heavy atom. The van der Waals surface area contributed by atoms with E-state index < -0.39 is 35.4 Å². The van der Waals surface area contributed by atoms with E-state index in [9.17, 15) is 23.1 Å². The zero-order valence-corrected chi connectivity index (χ0v) is 12.9. The molecule has 2 aromatic rings. The van der Waals surface area contributed by atoms with E-state index in [1.165, 1.54) is 0 Å². The molecule has 1 aromatic carbocycles. The van der Waals surface area contributed by atoms with Gasteiger partial charge >= 0.3 is 5.97 Å². The molecular weight excluding hydrogens is 329 g/mol. The summed E-state index contributed by atoms with van der Waals surface area (Å²) in [4.78, 5) is 11.4. The van der Waals surface area contributed by atoms with Crippen molar-refractivity contribution >= 4 is 5.97 Å². The summed E-state index contributed by atoms with van der Waals surface area (Å²) in [6.45, 7) is 3.60. The van der Waals surface area contributed by atoms with Crippen molar-refractivity contribution in [1.82, 2.24) is 9.78 Å². The van der Waals surface area contributed by atoms with Crippen LogP contribution in [-0.4, -0.2) is 34.1 Å². The van der Waals surface area contributed by atoms with Crippen LogP contribution in [-0.2, 0) is 9.47 Å². The van der Waals surface area contributed by atoms with Crippen molar-refractivity contribution in [3.05, 3.63) is 47.0 Å². The number of benzene rings is 1. The van der Waals surface area contributed by atoms with Crippen LogP contribution < -0.4 is 0 Å². The number of rotatable bonds is 7. The number of aromatic nitrogens is 2. The highest BCUT2D eigenvalue weighted by atomic mass is 19.1. The first-order valence-corrected chi connectivity index (χ1v) is 7.10. The summed E-state index contributed by atoms with van der Waals surface area (Å²) in [5.41, 5.74) is -1.26. The second-order valence-corrected chi connectivity index (χ2v) is 4.62. The number of carboxylic acids is 1. The van der Waals surface area contributed by atoms with Crippen LogP contribution in [0.5, 0.6) is 0 Å². The minimum atomic E-state index is -1.37. The highest BCUT2D eigenvalue weighted by molar-refractivity contribution is 5.89. The topological polar surface area (TPSA) is 73.6 Å². The standard InChI is InChI=1S/C15H15F3N2O4/c1-3-23-15(24-4-2)12-9(14(21)22)7-19-20(12)13-10(17)5-8(16)6-11(13)18/h5-7,15H,3-4H2,1-2H3,(H,21,22). The average Bonchev–Trinajstić information content (AvgIpc) is 2.90. The Balaban J connectivity index is 2.70. The molecule has 0 fully saturated rings. The molecule has 0 aliphatic carbocycles. The van der Waals surface area contributed by atoms with Crippen LogP contribution in [0.25, 0.3) is 5.69 Å². The van der Waals surface area contributed by atoms with Gasteiger partial charge in [0.1, 0.15) is 22.8 Å². The van der Waals surface area contributed by atoms with Crippen molar-refractivity contribution < 1.29 is 32.5 Å². The fraction of sp³-hybridized carbons (Fsp3) is 0.333. The van der Waals surface area contributed by atoms with Crippen molar-refractivity contribution in [2.75, 3.05) is 13.2 Å². The van der Waals surface area contributed by atoms with Gasteiger partial charge in [-0.15, -0.1) is 0 Å². The summed E-state index contributed by atoms with van der Waals surface area (Å²) in [7, 11) is 0. The maximum Gasteiger partial charge on any atom is 0.339 e. The Bertz CT molecular complexity index is 719. The van der Waals surface area contributed by atoms with Gasteiger partial charge in [-0.25, -0.2) is 22.6 Å². The second-order valence-electron chi connectivity index (χ2n) is 4.62. The summed E-state index contributed by atoms with van der Waals surface area (Å²) in [5.74, 6) is -4.95. The molecule has 0 spiro atoms. The van der Waals surface area contributed by atoms with E-state index >= 15 is 0 Å². The molecule has 2 rings (SSSR count). The molecule has 0 atom stereocenters. The van der Waals surface area contributed by atoms with Crippen LogP contribution in [0.1, 0.15) is 36.2 Å². The van der Waals surface area contributed by atoms with Crippen LogP contribution in [0, 0.1) is 17.5 Å². The Labute approximate surface area is 135 Å². The lowest BCUT2D eigenvalue weighted by atomic mass is 10.2. The Hall–Kier alpha value is -2.39. The monoisotopic (exact) mass is 344 g/mol. The maximum atomic E-state index is 14.1. The number of hydrogen-bond acceptors (Lipinski definition) is 4. The first-order chi connectivity index (χ1) is 11.4. The van der Waals surface area contributed by atoms with Crippen LogP contribution >= 0.6 is 0 Å². The van der Waals surface area contributed by atoms with Gasteiger partial charge in [-0.05, 0) is 13.8 Å². The largest absolute Gasteiger partial charge is 0.478 e. The van der Waals surface area contributed by atoms with Gasteiger partial charge in [-0.2, -0.15) is 5.10 Å². The van der Waals surface area contributed by atoms with E-state index in [0.29, 0.717) is 16.8 Å². The molecule has 24 heavy (non-hydrogen) atoms. The summed E-state index contributed by atoms with van der Waals surface area (Å²) in [5, 5.41) is 13.0. The SMILES string of the molecule is CCOC(OCC)c1c(C(=O)O)cnn1-c1c(F)cc(F)cc1F. The molecular formula is C15H15F3N2O4. The van der Waals surface area contributed by atoms with E-state index in [0.717, 1.165) is 6.20 Å². The smallest absolute Gasteiger partial charge is 0.339 e. The van der Waals surface area contributed by atoms with Gasteiger partial charge in [0.15, 0.2) is 11.6 Å². The summed E-state index contributed by atoms with van der Waals surface area (Å²) >= 11 is 0.